The molecular formula is C23H33F3N4OS. The van der Waals surface area contributed by atoms with Crippen molar-refractivity contribution in [2.75, 3.05) is 39.0 Å². The average Bonchev–Trinajstić information content (AvgIpc) is 3.17. The fourth-order valence-electron chi connectivity index (χ4n) is 4.77. The number of thioether (sulfide) groups is 1. The third-order valence-electron chi connectivity index (χ3n) is 6.63. The van der Waals surface area contributed by atoms with Crippen LogP contribution in [-0.4, -0.2) is 60.2 Å². The van der Waals surface area contributed by atoms with E-state index in [-0.39, 0.29) is 11.6 Å². The highest BCUT2D eigenvalue weighted by Gasteiger charge is 2.32. The standard InChI is InChI=1S/C23H33F3N4OS/c1-29-21(18-6-3-2-4-7-18)27-28-22(29)32-15-5-12-30-13-14-31-20(16-30)17-8-10-19(11-9-17)23(24,25)26/h8-11,18,20,22,28H,2-7,12-16H2,1H3. The predicted octanol–water partition coefficient (Wildman–Crippen LogP) is 4.91. The van der Waals surface area contributed by atoms with Gasteiger partial charge in [-0.25, -0.2) is 0 Å². The first-order chi connectivity index (χ1) is 15.4. The van der Waals surface area contributed by atoms with Gasteiger partial charge in [-0.3, -0.25) is 10.3 Å². The zero-order valence-corrected chi connectivity index (χ0v) is 19.4. The van der Waals surface area contributed by atoms with Crippen LogP contribution in [0.5, 0.6) is 0 Å². The minimum Gasteiger partial charge on any atom is -0.371 e. The third kappa shape index (κ3) is 5.91. The van der Waals surface area contributed by atoms with Crippen LogP contribution in [0.3, 0.4) is 0 Å². The molecule has 1 aliphatic carbocycles. The Morgan fingerprint density at radius 2 is 1.91 bits per heavy atom. The summed E-state index contributed by atoms with van der Waals surface area (Å²) >= 11 is 1.89. The molecule has 0 bridgehead atoms. The zero-order valence-electron chi connectivity index (χ0n) is 18.6. The summed E-state index contributed by atoms with van der Waals surface area (Å²) in [5.41, 5.74) is 3.69. The van der Waals surface area contributed by atoms with Crippen molar-refractivity contribution >= 4 is 17.6 Å². The van der Waals surface area contributed by atoms with E-state index in [1.54, 1.807) is 12.1 Å². The molecule has 2 aliphatic heterocycles. The number of hydrogen-bond donors (Lipinski definition) is 1. The van der Waals surface area contributed by atoms with Crippen molar-refractivity contribution in [1.82, 2.24) is 15.2 Å². The van der Waals surface area contributed by atoms with E-state index >= 15 is 0 Å². The smallest absolute Gasteiger partial charge is 0.371 e. The lowest BCUT2D eigenvalue weighted by Gasteiger charge is -2.33. The highest BCUT2D eigenvalue weighted by atomic mass is 32.2. The van der Waals surface area contributed by atoms with Gasteiger partial charge in [0.15, 0.2) is 5.50 Å². The number of hydrazone groups is 1. The van der Waals surface area contributed by atoms with Crippen LogP contribution in [0.15, 0.2) is 29.4 Å². The first-order valence-electron chi connectivity index (χ1n) is 11.6. The number of halogens is 3. The van der Waals surface area contributed by atoms with Gasteiger partial charge in [0.05, 0.1) is 18.3 Å². The first-order valence-corrected chi connectivity index (χ1v) is 12.7. The third-order valence-corrected chi connectivity index (χ3v) is 7.89. The van der Waals surface area contributed by atoms with Crippen LogP contribution in [-0.2, 0) is 10.9 Å². The van der Waals surface area contributed by atoms with Gasteiger partial charge in [-0.1, -0.05) is 31.4 Å². The summed E-state index contributed by atoms with van der Waals surface area (Å²) < 4.78 is 44.2. The molecule has 1 aromatic carbocycles. The predicted molar refractivity (Wildman–Crippen MR) is 122 cm³/mol. The Hall–Kier alpha value is -1.45. The first kappa shape index (κ1) is 23.7. The van der Waals surface area contributed by atoms with E-state index < -0.39 is 11.7 Å². The molecule has 2 unspecified atom stereocenters. The van der Waals surface area contributed by atoms with Crippen LogP contribution in [0, 0.1) is 5.92 Å². The fraction of sp³-hybridized carbons (Fsp3) is 0.696. The Kier molecular flexibility index (Phi) is 7.89. The Morgan fingerprint density at radius 3 is 2.62 bits per heavy atom. The van der Waals surface area contributed by atoms with Crippen molar-refractivity contribution in [3.63, 3.8) is 0 Å². The molecule has 1 saturated heterocycles. The summed E-state index contributed by atoms with van der Waals surface area (Å²) in [6.45, 7) is 3.13. The highest BCUT2D eigenvalue weighted by molar-refractivity contribution is 7.99. The SMILES string of the molecule is CN1C(C2CCCCC2)=NNC1SCCCN1CCOC(c2ccc(C(F)(F)F)cc2)C1. The summed E-state index contributed by atoms with van der Waals surface area (Å²) in [5, 5.41) is 4.63. The number of alkyl halides is 3. The summed E-state index contributed by atoms with van der Waals surface area (Å²) in [5.74, 6) is 2.84. The lowest BCUT2D eigenvalue weighted by molar-refractivity contribution is -0.137. The minimum absolute atomic E-state index is 0.173. The summed E-state index contributed by atoms with van der Waals surface area (Å²) in [7, 11) is 2.14. The topological polar surface area (TPSA) is 40.1 Å². The van der Waals surface area contributed by atoms with E-state index in [2.05, 4.69) is 27.4 Å². The van der Waals surface area contributed by atoms with Gasteiger partial charge in [-0.05, 0) is 49.3 Å². The molecule has 32 heavy (non-hydrogen) atoms. The number of hydrogen-bond acceptors (Lipinski definition) is 6. The normalized spacial score (nSPS) is 25.6. The van der Waals surface area contributed by atoms with Crippen LogP contribution in [0.1, 0.15) is 55.8 Å². The fourth-order valence-corrected chi connectivity index (χ4v) is 5.75. The number of morpholine rings is 1. The van der Waals surface area contributed by atoms with Crippen molar-refractivity contribution < 1.29 is 17.9 Å². The van der Waals surface area contributed by atoms with Crippen LogP contribution >= 0.6 is 11.8 Å². The van der Waals surface area contributed by atoms with Gasteiger partial charge in [-0.2, -0.15) is 18.3 Å². The molecule has 9 heteroatoms. The van der Waals surface area contributed by atoms with E-state index in [0.717, 1.165) is 43.0 Å². The molecule has 2 heterocycles. The van der Waals surface area contributed by atoms with Gasteiger partial charge in [0.25, 0.3) is 0 Å². The molecular weight excluding hydrogens is 437 g/mol. The molecule has 178 valence electrons. The van der Waals surface area contributed by atoms with E-state index in [1.807, 2.05) is 11.8 Å². The van der Waals surface area contributed by atoms with Crippen molar-refractivity contribution in [3.05, 3.63) is 35.4 Å². The number of benzene rings is 1. The monoisotopic (exact) mass is 470 g/mol. The molecule has 3 aliphatic rings. The van der Waals surface area contributed by atoms with E-state index in [4.69, 9.17) is 4.74 Å². The molecule has 0 amide bonds. The second-order valence-electron chi connectivity index (χ2n) is 8.90. The molecule has 1 aromatic rings. The molecule has 0 spiro atoms. The molecule has 1 N–H and O–H groups in total. The van der Waals surface area contributed by atoms with Crippen molar-refractivity contribution in [1.29, 1.82) is 0 Å². The Labute approximate surface area is 192 Å². The molecule has 1 saturated carbocycles. The van der Waals surface area contributed by atoms with Crippen LogP contribution in [0.4, 0.5) is 13.2 Å². The van der Waals surface area contributed by atoms with Crippen molar-refractivity contribution in [2.24, 2.45) is 11.0 Å². The molecule has 5 nitrogen and oxygen atoms in total. The second kappa shape index (κ2) is 10.7. The van der Waals surface area contributed by atoms with Crippen LogP contribution in [0.2, 0.25) is 0 Å². The van der Waals surface area contributed by atoms with Crippen molar-refractivity contribution in [3.8, 4) is 0 Å². The molecule has 2 fully saturated rings. The maximum Gasteiger partial charge on any atom is 0.416 e. The van der Waals surface area contributed by atoms with Gasteiger partial charge < -0.3 is 9.64 Å². The molecule has 0 radical (unpaired) electrons. The molecule has 0 aromatic heterocycles. The van der Waals surface area contributed by atoms with Gasteiger partial charge in [0, 0.05) is 26.1 Å². The number of nitrogens with zero attached hydrogens (tertiary/aromatic N) is 3. The van der Waals surface area contributed by atoms with E-state index in [0.29, 0.717) is 19.1 Å². The van der Waals surface area contributed by atoms with E-state index in [1.165, 1.54) is 37.9 Å². The Morgan fingerprint density at radius 1 is 1.16 bits per heavy atom. The summed E-state index contributed by atoms with van der Waals surface area (Å²) in [6.07, 6.45) is 3.03. The average molecular weight is 471 g/mol. The number of rotatable bonds is 7. The largest absolute Gasteiger partial charge is 0.416 e. The number of nitrogens with one attached hydrogen (secondary N) is 1. The maximum absolute atomic E-state index is 12.8. The van der Waals surface area contributed by atoms with Gasteiger partial charge in [0.1, 0.15) is 5.84 Å². The summed E-state index contributed by atoms with van der Waals surface area (Å²) in [6, 6.07) is 5.36. The second-order valence-corrected chi connectivity index (χ2v) is 10.1. The lowest BCUT2D eigenvalue weighted by Crippen LogP contribution is -2.39. The van der Waals surface area contributed by atoms with Gasteiger partial charge in [0.2, 0.25) is 0 Å². The number of amidine groups is 1. The Bertz CT molecular complexity index is 768. The van der Waals surface area contributed by atoms with Crippen LogP contribution in [0.25, 0.3) is 0 Å². The van der Waals surface area contributed by atoms with Gasteiger partial charge in [-0.15, -0.1) is 11.8 Å². The summed E-state index contributed by atoms with van der Waals surface area (Å²) in [4.78, 5) is 4.65. The van der Waals surface area contributed by atoms with Crippen molar-refractivity contribution in [2.45, 2.75) is 56.3 Å². The Balaban J connectivity index is 1.18. The highest BCUT2D eigenvalue weighted by Crippen LogP contribution is 2.32. The number of ether oxygens (including phenoxy) is 1. The quantitative estimate of drug-likeness (QED) is 0.573. The van der Waals surface area contributed by atoms with E-state index in [9.17, 15) is 13.2 Å². The van der Waals surface area contributed by atoms with Crippen LogP contribution < -0.4 is 5.43 Å². The zero-order chi connectivity index (χ0) is 22.6. The molecule has 2 atom stereocenters. The maximum atomic E-state index is 12.8. The lowest BCUT2D eigenvalue weighted by atomic mass is 9.88. The minimum atomic E-state index is -4.31. The molecule has 4 rings (SSSR count). The van der Waals surface area contributed by atoms with Gasteiger partial charge >= 0.3 is 6.18 Å².